The second-order valence-electron chi connectivity index (χ2n) is 3.33. The molecule has 3 nitrogen and oxygen atoms in total. The van der Waals surface area contributed by atoms with E-state index in [1.54, 1.807) is 0 Å². The van der Waals surface area contributed by atoms with E-state index in [9.17, 15) is 0 Å². The molecule has 2 aliphatic rings. The van der Waals surface area contributed by atoms with Gasteiger partial charge in [-0.25, -0.2) is 0 Å². The van der Waals surface area contributed by atoms with Gasteiger partial charge in [0, 0.05) is 18.7 Å². The van der Waals surface area contributed by atoms with Crippen molar-refractivity contribution in [2.45, 2.75) is 13.1 Å². The van der Waals surface area contributed by atoms with Crippen molar-refractivity contribution in [1.29, 1.82) is 0 Å². The van der Waals surface area contributed by atoms with Crippen molar-refractivity contribution in [1.82, 2.24) is 5.32 Å². The Morgan fingerprint density at radius 3 is 3.00 bits per heavy atom. The van der Waals surface area contributed by atoms with Gasteiger partial charge in [-0.1, -0.05) is 6.07 Å². The monoisotopic (exact) mass is 177 g/mol. The van der Waals surface area contributed by atoms with Crippen LogP contribution in [0.4, 0.5) is 0 Å². The highest BCUT2D eigenvalue weighted by Gasteiger charge is 2.21. The SMILES string of the molecule is c1cc2c(c3c1CNC3)OCCO2. The van der Waals surface area contributed by atoms with Crippen LogP contribution in [0.15, 0.2) is 12.1 Å². The van der Waals surface area contributed by atoms with Crippen LogP contribution in [0.25, 0.3) is 0 Å². The molecule has 0 spiro atoms. The van der Waals surface area contributed by atoms with Gasteiger partial charge in [0.25, 0.3) is 0 Å². The summed E-state index contributed by atoms with van der Waals surface area (Å²) < 4.78 is 11.1. The lowest BCUT2D eigenvalue weighted by Crippen LogP contribution is -2.16. The Kier molecular flexibility index (Phi) is 1.46. The molecule has 68 valence electrons. The van der Waals surface area contributed by atoms with Crippen molar-refractivity contribution in [2.24, 2.45) is 0 Å². The molecule has 0 radical (unpaired) electrons. The minimum Gasteiger partial charge on any atom is -0.486 e. The second-order valence-corrected chi connectivity index (χ2v) is 3.33. The molecule has 0 fully saturated rings. The fourth-order valence-electron chi connectivity index (χ4n) is 1.90. The molecule has 0 atom stereocenters. The van der Waals surface area contributed by atoms with Gasteiger partial charge >= 0.3 is 0 Å². The van der Waals surface area contributed by atoms with Gasteiger partial charge in [-0.15, -0.1) is 0 Å². The number of nitrogens with one attached hydrogen (secondary N) is 1. The van der Waals surface area contributed by atoms with Crippen molar-refractivity contribution >= 4 is 0 Å². The molecule has 0 aromatic heterocycles. The Labute approximate surface area is 76.7 Å². The molecular formula is C10H11NO2. The average Bonchev–Trinajstić information content (AvgIpc) is 2.65. The Morgan fingerprint density at radius 1 is 1.08 bits per heavy atom. The van der Waals surface area contributed by atoms with Crippen LogP contribution in [0, 0.1) is 0 Å². The van der Waals surface area contributed by atoms with Gasteiger partial charge in [0.1, 0.15) is 13.2 Å². The lowest BCUT2D eigenvalue weighted by atomic mass is 10.1. The predicted octanol–water partition coefficient (Wildman–Crippen LogP) is 1.06. The largest absolute Gasteiger partial charge is 0.486 e. The molecule has 0 amide bonds. The van der Waals surface area contributed by atoms with Crippen LogP contribution in [-0.4, -0.2) is 13.2 Å². The average molecular weight is 177 g/mol. The molecule has 2 heterocycles. The molecule has 0 unspecified atom stereocenters. The summed E-state index contributed by atoms with van der Waals surface area (Å²) in [5.41, 5.74) is 2.61. The van der Waals surface area contributed by atoms with Gasteiger partial charge in [0.05, 0.1) is 0 Å². The molecule has 0 saturated heterocycles. The van der Waals surface area contributed by atoms with Crippen molar-refractivity contribution in [3.63, 3.8) is 0 Å². The smallest absolute Gasteiger partial charge is 0.166 e. The predicted molar refractivity (Wildman–Crippen MR) is 48.0 cm³/mol. The zero-order chi connectivity index (χ0) is 8.67. The molecule has 3 heteroatoms. The van der Waals surface area contributed by atoms with Gasteiger partial charge in [-0.05, 0) is 11.6 Å². The van der Waals surface area contributed by atoms with E-state index in [-0.39, 0.29) is 0 Å². The van der Waals surface area contributed by atoms with Crippen LogP contribution >= 0.6 is 0 Å². The molecule has 0 saturated carbocycles. The fourth-order valence-corrected chi connectivity index (χ4v) is 1.90. The van der Waals surface area contributed by atoms with E-state index in [2.05, 4.69) is 11.4 Å². The summed E-state index contributed by atoms with van der Waals surface area (Å²) >= 11 is 0. The standard InChI is InChI=1S/C10H11NO2/c1-2-9-10(13-4-3-12-9)8-6-11-5-7(1)8/h1-2,11H,3-6H2. The summed E-state index contributed by atoms with van der Waals surface area (Å²) in [4.78, 5) is 0. The Bertz CT molecular complexity index is 349. The quantitative estimate of drug-likeness (QED) is 0.642. The van der Waals surface area contributed by atoms with E-state index in [1.807, 2.05) is 6.07 Å². The molecule has 2 aliphatic heterocycles. The van der Waals surface area contributed by atoms with E-state index in [1.165, 1.54) is 11.1 Å². The molecule has 1 aromatic rings. The summed E-state index contributed by atoms with van der Waals surface area (Å²) in [7, 11) is 0. The summed E-state index contributed by atoms with van der Waals surface area (Å²) in [6, 6.07) is 4.11. The van der Waals surface area contributed by atoms with Crippen LogP contribution in [0.2, 0.25) is 0 Å². The molecule has 1 N–H and O–H groups in total. The van der Waals surface area contributed by atoms with Crippen molar-refractivity contribution in [2.75, 3.05) is 13.2 Å². The number of rotatable bonds is 0. The number of fused-ring (bicyclic) bond motifs is 3. The van der Waals surface area contributed by atoms with E-state index >= 15 is 0 Å². The fraction of sp³-hybridized carbons (Fsp3) is 0.400. The maximum Gasteiger partial charge on any atom is 0.166 e. The van der Waals surface area contributed by atoms with Gasteiger partial charge in [0.2, 0.25) is 0 Å². The van der Waals surface area contributed by atoms with Crippen LogP contribution in [0.3, 0.4) is 0 Å². The lowest BCUT2D eigenvalue weighted by Gasteiger charge is -2.20. The van der Waals surface area contributed by atoms with Crippen molar-refractivity contribution in [3.8, 4) is 11.5 Å². The Morgan fingerprint density at radius 2 is 2.00 bits per heavy atom. The minimum atomic E-state index is 0.666. The third-order valence-electron chi connectivity index (χ3n) is 2.53. The first kappa shape index (κ1) is 7.21. The maximum absolute atomic E-state index is 5.60. The van der Waals surface area contributed by atoms with Gasteiger partial charge in [-0.2, -0.15) is 0 Å². The minimum absolute atomic E-state index is 0.666. The van der Waals surface area contributed by atoms with Crippen LogP contribution in [0.5, 0.6) is 11.5 Å². The lowest BCUT2D eigenvalue weighted by molar-refractivity contribution is 0.170. The van der Waals surface area contributed by atoms with E-state index in [4.69, 9.17) is 9.47 Å². The topological polar surface area (TPSA) is 30.5 Å². The third-order valence-corrected chi connectivity index (χ3v) is 2.53. The van der Waals surface area contributed by atoms with E-state index < -0.39 is 0 Å². The number of hydrogen-bond donors (Lipinski definition) is 1. The second kappa shape index (κ2) is 2.64. The Hall–Kier alpha value is -1.22. The molecule has 3 rings (SSSR count). The van der Waals surface area contributed by atoms with Crippen LogP contribution in [0.1, 0.15) is 11.1 Å². The number of ether oxygens (including phenoxy) is 2. The summed E-state index contributed by atoms with van der Waals surface area (Å²) in [6.07, 6.45) is 0. The molecule has 1 aromatic carbocycles. The van der Waals surface area contributed by atoms with Gasteiger partial charge in [0.15, 0.2) is 11.5 Å². The highest BCUT2D eigenvalue weighted by molar-refractivity contribution is 5.52. The van der Waals surface area contributed by atoms with Gasteiger partial charge in [-0.3, -0.25) is 0 Å². The maximum atomic E-state index is 5.60. The van der Waals surface area contributed by atoms with Gasteiger partial charge < -0.3 is 14.8 Å². The Balaban J connectivity index is 2.17. The number of hydrogen-bond acceptors (Lipinski definition) is 3. The van der Waals surface area contributed by atoms with E-state index in [0.717, 1.165) is 24.6 Å². The summed E-state index contributed by atoms with van der Waals surface area (Å²) in [5, 5.41) is 3.30. The van der Waals surface area contributed by atoms with E-state index in [0.29, 0.717) is 13.2 Å². The molecule has 0 aliphatic carbocycles. The van der Waals surface area contributed by atoms with Crippen LogP contribution in [-0.2, 0) is 13.1 Å². The van der Waals surface area contributed by atoms with Crippen molar-refractivity contribution in [3.05, 3.63) is 23.3 Å². The normalized spacial score (nSPS) is 18.5. The third kappa shape index (κ3) is 1.00. The first-order valence-corrected chi connectivity index (χ1v) is 4.56. The summed E-state index contributed by atoms with van der Waals surface area (Å²) in [5.74, 6) is 1.85. The summed E-state index contributed by atoms with van der Waals surface area (Å²) in [6.45, 7) is 3.19. The highest BCUT2D eigenvalue weighted by atomic mass is 16.6. The first-order chi connectivity index (χ1) is 6.45. The van der Waals surface area contributed by atoms with Crippen molar-refractivity contribution < 1.29 is 9.47 Å². The molecule has 0 bridgehead atoms. The zero-order valence-corrected chi connectivity index (χ0v) is 7.30. The molecule has 13 heavy (non-hydrogen) atoms. The highest BCUT2D eigenvalue weighted by Crippen LogP contribution is 2.37. The zero-order valence-electron chi connectivity index (χ0n) is 7.30. The van der Waals surface area contributed by atoms with Crippen LogP contribution < -0.4 is 14.8 Å². The first-order valence-electron chi connectivity index (χ1n) is 4.56. The molecular weight excluding hydrogens is 166 g/mol. The number of benzene rings is 1.